The van der Waals surface area contributed by atoms with Crippen LogP contribution in [0.1, 0.15) is 122 Å². The third-order valence-corrected chi connectivity index (χ3v) is 5.63. The first-order valence-corrected chi connectivity index (χ1v) is 12.7. The van der Waals surface area contributed by atoms with Crippen molar-refractivity contribution in [2.45, 2.75) is 122 Å². The Bertz CT molecular complexity index is 336. The molecular weight excluding hydrogens is 362 g/mol. The van der Waals surface area contributed by atoms with E-state index in [4.69, 9.17) is 9.84 Å². The van der Waals surface area contributed by atoms with Crippen LogP contribution in [-0.4, -0.2) is 49.3 Å². The van der Waals surface area contributed by atoms with Gasteiger partial charge in [0, 0.05) is 13.0 Å². The number of esters is 1. The van der Waals surface area contributed by atoms with E-state index in [2.05, 4.69) is 18.9 Å². The second kappa shape index (κ2) is 23.7. The van der Waals surface area contributed by atoms with Crippen molar-refractivity contribution >= 4 is 5.97 Å². The summed E-state index contributed by atoms with van der Waals surface area (Å²) in [4.78, 5) is 14.0. The van der Waals surface area contributed by atoms with Crippen molar-refractivity contribution in [2.24, 2.45) is 0 Å². The molecule has 0 aliphatic heterocycles. The Hall–Kier alpha value is -0.610. The van der Waals surface area contributed by atoms with E-state index >= 15 is 0 Å². The minimum absolute atomic E-state index is 0.00199. The topological polar surface area (TPSA) is 49.8 Å². The highest BCUT2D eigenvalue weighted by Gasteiger charge is 2.02. The van der Waals surface area contributed by atoms with Crippen LogP contribution in [0.4, 0.5) is 0 Å². The van der Waals surface area contributed by atoms with E-state index in [1.807, 2.05) is 0 Å². The standard InChI is InChI=1S/C25H51NO3/c1-3-4-5-19-24-29-25(28)20-15-13-11-9-7-6-8-10-12-14-16-21-26(2)22-17-18-23-27/h27H,3-24H2,1-2H3. The van der Waals surface area contributed by atoms with Gasteiger partial charge in [0.2, 0.25) is 0 Å². The fraction of sp³-hybridized carbons (Fsp3) is 0.960. The van der Waals surface area contributed by atoms with Crippen LogP contribution in [0.5, 0.6) is 0 Å². The fourth-order valence-electron chi connectivity index (χ4n) is 3.63. The van der Waals surface area contributed by atoms with Crippen molar-refractivity contribution in [1.29, 1.82) is 0 Å². The number of ether oxygens (including phenoxy) is 1. The van der Waals surface area contributed by atoms with Gasteiger partial charge in [0.15, 0.2) is 0 Å². The van der Waals surface area contributed by atoms with Gasteiger partial charge in [0.25, 0.3) is 0 Å². The van der Waals surface area contributed by atoms with Crippen LogP contribution < -0.4 is 0 Å². The lowest BCUT2D eigenvalue weighted by molar-refractivity contribution is -0.143. The maximum atomic E-state index is 11.6. The molecule has 0 rings (SSSR count). The summed E-state index contributed by atoms with van der Waals surface area (Å²) in [5, 5.41) is 8.80. The maximum absolute atomic E-state index is 11.6. The monoisotopic (exact) mass is 413 g/mol. The zero-order valence-electron chi connectivity index (χ0n) is 19.8. The Morgan fingerprint density at radius 1 is 0.690 bits per heavy atom. The molecule has 0 aliphatic rings. The summed E-state index contributed by atoms with van der Waals surface area (Å²) in [6.07, 6.45) is 21.5. The molecular formula is C25H51NO3. The first kappa shape index (κ1) is 28.4. The van der Waals surface area contributed by atoms with E-state index in [1.165, 1.54) is 83.6 Å². The van der Waals surface area contributed by atoms with Gasteiger partial charge in [0.1, 0.15) is 0 Å². The van der Waals surface area contributed by atoms with Gasteiger partial charge in [-0.3, -0.25) is 4.79 Å². The molecule has 0 aliphatic carbocycles. The van der Waals surface area contributed by atoms with Crippen LogP contribution in [0.25, 0.3) is 0 Å². The van der Waals surface area contributed by atoms with Gasteiger partial charge in [-0.15, -0.1) is 0 Å². The molecule has 0 atom stereocenters. The molecule has 1 N–H and O–H groups in total. The number of aliphatic hydroxyl groups excluding tert-OH is 1. The molecule has 0 fully saturated rings. The number of aliphatic hydroxyl groups is 1. The number of rotatable bonds is 23. The summed E-state index contributed by atoms with van der Waals surface area (Å²) in [6.45, 7) is 5.43. The second-order valence-electron chi connectivity index (χ2n) is 8.65. The Labute approximate surface area is 181 Å². The molecule has 0 aromatic heterocycles. The van der Waals surface area contributed by atoms with Gasteiger partial charge < -0.3 is 14.7 Å². The average Bonchev–Trinajstić information content (AvgIpc) is 2.71. The van der Waals surface area contributed by atoms with Gasteiger partial charge in [-0.2, -0.15) is 0 Å². The van der Waals surface area contributed by atoms with Crippen LogP contribution in [-0.2, 0) is 9.53 Å². The predicted octanol–water partition coefficient (Wildman–Crippen LogP) is 6.50. The van der Waals surface area contributed by atoms with Gasteiger partial charge in [-0.05, 0) is 52.2 Å². The second-order valence-corrected chi connectivity index (χ2v) is 8.65. The lowest BCUT2D eigenvalue weighted by Crippen LogP contribution is -2.21. The number of nitrogens with zero attached hydrogens (tertiary/aromatic N) is 1. The Balaban J connectivity index is 3.17. The van der Waals surface area contributed by atoms with Crippen molar-refractivity contribution in [3.8, 4) is 0 Å². The van der Waals surface area contributed by atoms with Crippen LogP contribution in [0.2, 0.25) is 0 Å². The van der Waals surface area contributed by atoms with Gasteiger partial charge in [-0.1, -0.05) is 84.0 Å². The van der Waals surface area contributed by atoms with Crippen LogP contribution in [0.15, 0.2) is 0 Å². The van der Waals surface area contributed by atoms with E-state index in [1.54, 1.807) is 0 Å². The maximum Gasteiger partial charge on any atom is 0.305 e. The Morgan fingerprint density at radius 3 is 1.72 bits per heavy atom. The fourth-order valence-corrected chi connectivity index (χ4v) is 3.63. The molecule has 174 valence electrons. The molecule has 0 unspecified atom stereocenters. The van der Waals surface area contributed by atoms with E-state index in [0.29, 0.717) is 19.6 Å². The Morgan fingerprint density at radius 2 is 1.17 bits per heavy atom. The minimum atomic E-state index is -0.00199. The van der Waals surface area contributed by atoms with Crippen LogP contribution in [0.3, 0.4) is 0 Å². The SMILES string of the molecule is CCCCCCOC(=O)CCCCCCCCCCCCCN(C)CCCCO. The van der Waals surface area contributed by atoms with Crippen LogP contribution in [0, 0.1) is 0 Å². The number of hydrogen-bond acceptors (Lipinski definition) is 4. The number of unbranched alkanes of at least 4 members (excludes halogenated alkanes) is 14. The predicted molar refractivity (Wildman–Crippen MR) is 124 cm³/mol. The lowest BCUT2D eigenvalue weighted by Gasteiger charge is -2.15. The van der Waals surface area contributed by atoms with E-state index in [9.17, 15) is 4.79 Å². The highest BCUT2D eigenvalue weighted by Crippen LogP contribution is 2.12. The molecule has 0 aromatic rings. The third-order valence-electron chi connectivity index (χ3n) is 5.63. The third kappa shape index (κ3) is 23.5. The first-order valence-electron chi connectivity index (χ1n) is 12.7. The van der Waals surface area contributed by atoms with Crippen molar-refractivity contribution < 1.29 is 14.6 Å². The largest absolute Gasteiger partial charge is 0.466 e. The van der Waals surface area contributed by atoms with Gasteiger partial charge >= 0.3 is 5.97 Å². The molecule has 0 spiro atoms. The van der Waals surface area contributed by atoms with Gasteiger partial charge in [0.05, 0.1) is 6.61 Å². The summed E-state index contributed by atoms with van der Waals surface area (Å²) in [6, 6.07) is 0. The first-order chi connectivity index (χ1) is 14.2. The zero-order valence-corrected chi connectivity index (χ0v) is 19.8. The molecule has 29 heavy (non-hydrogen) atoms. The summed E-state index contributed by atoms with van der Waals surface area (Å²) in [5.74, 6) is -0.00199. The quantitative estimate of drug-likeness (QED) is 0.153. The highest BCUT2D eigenvalue weighted by molar-refractivity contribution is 5.69. The van der Waals surface area contributed by atoms with E-state index in [0.717, 1.165) is 38.6 Å². The van der Waals surface area contributed by atoms with Gasteiger partial charge in [-0.25, -0.2) is 0 Å². The van der Waals surface area contributed by atoms with Crippen molar-refractivity contribution in [1.82, 2.24) is 4.90 Å². The van der Waals surface area contributed by atoms with E-state index in [-0.39, 0.29) is 5.97 Å². The van der Waals surface area contributed by atoms with Crippen LogP contribution >= 0.6 is 0 Å². The molecule has 0 heterocycles. The molecule has 4 nitrogen and oxygen atoms in total. The van der Waals surface area contributed by atoms with Crippen molar-refractivity contribution in [3.63, 3.8) is 0 Å². The summed E-state index contributed by atoms with van der Waals surface area (Å²) >= 11 is 0. The smallest absolute Gasteiger partial charge is 0.305 e. The molecule has 4 heteroatoms. The van der Waals surface area contributed by atoms with E-state index < -0.39 is 0 Å². The van der Waals surface area contributed by atoms with Crippen molar-refractivity contribution in [3.05, 3.63) is 0 Å². The number of carbonyl (C=O) groups is 1. The minimum Gasteiger partial charge on any atom is -0.466 e. The van der Waals surface area contributed by atoms with Crippen molar-refractivity contribution in [2.75, 3.05) is 33.4 Å². The molecule has 0 saturated heterocycles. The summed E-state index contributed by atoms with van der Waals surface area (Å²) < 4.78 is 5.27. The normalized spacial score (nSPS) is 11.3. The zero-order chi connectivity index (χ0) is 21.4. The molecule has 0 saturated carbocycles. The lowest BCUT2D eigenvalue weighted by atomic mass is 10.1. The highest BCUT2D eigenvalue weighted by atomic mass is 16.5. The number of hydrogen-bond donors (Lipinski definition) is 1. The molecule has 0 aromatic carbocycles. The molecule has 0 radical (unpaired) electrons. The molecule has 0 amide bonds. The molecule has 0 bridgehead atoms. The summed E-state index contributed by atoms with van der Waals surface area (Å²) in [7, 11) is 2.19. The summed E-state index contributed by atoms with van der Waals surface area (Å²) in [5.41, 5.74) is 0. The number of carbonyl (C=O) groups excluding carboxylic acids is 1. The Kier molecular flexibility index (Phi) is 23.2. The average molecular weight is 414 g/mol.